The summed E-state index contributed by atoms with van der Waals surface area (Å²) in [7, 11) is 0. The van der Waals surface area contributed by atoms with E-state index in [0.717, 1.165) is 17.8 Å². The number of hydrogen-bond acceptors (Lipinski definition) is 5. The third kappa shape index (κ3) is 3.17. The van der Waals surface area contributed by atoms with Gasteiger partial charge in [0.15, 0.2) is 0 Å². The van der Waals surface area contributed by atoms with Crippen LogP contribution in [0.1, 0.15) is 12.6 Å². The van der Waals surface area contributed by atoms with Crippen molar-refractivity contribution in [3.8, 4) is 11.5 Å². The number of aliphatic hydroxyl groups is 1. The number of nitrogens with zero attached hydrogens (tertiary/aromatic N) is 2. The number of benzene rings is 1. The number of morpholine rings is 1. The molecule has 2 heterocycles. The maximum atomic E-state index is 9.63. The first-order chi connectivity index (χ1) is 10.6. The molecule has 1 aliphatic heterocycles. The van der Waals surface area contributed by atoms with Gasteiger partial charge in [-0.05, 0) is 25.1 Å². The Morgan fingerprint density at radius 3 is 3.09 bits per heavy atom. The molecule has 0 spiro atoms. The molecule has 1 atom stereocenters. The maximum absolute atomic E-state index is 9.63. The van der Waals surface area contributed by atoms with E-state index in [2.05, 4.69) is 9.88 Å². The van der Waals surface area contributed by atoms with Gasteiger partial charge in [-0.3, -0.25) is 4.90 Å². The van der Waals surface area contributed by atoms with Crippen LogP contribution in [0, 0.1) is 0 Å². The van der Waals surface area contributed by atoms with E-state index in [1.165, 1.54) is 0 Å². The van der Waals surface area contributed by atoms with Gasteiger partial charge in [-0.2, -0.15) is 0 Å². The Morgan fingerprint density at radius 2 is 2.32 bits per heavy atom. The van der Waals surface area contributed by atoms with E-state index in [-0.39, 0.29) is 12.1 Å². The van der Waals surface area contributed by atoms with E-state index in [1.807, 2.05) is 31.2 Å². The molecule has 0 radical (unpaired) electrons. The highest BCUT2D eigenvalue weighted by atomic mass is 35.5. The van der Waals surface area contributed by atoms with Gasteiger partial charge in [-0.1, -0.05) is 17.7 Å². The van der Waals surface area contributed by atoms with E-state index in [4.69, 9.17) is 20.8 Å². The summed E-state index contributed by atoms with van der Waals surface area (Å²) < 4.78 is 11.0. The summed E-state index contributed by atoms with van der Waals surface area (Å²) >= 11 is 5.99. The Hall–Kier alpha value is -1.40. The van der Waals surface area contributed by atoms with Gasteiger partial charge in [0.25, 0.3) is 0 Å². The molecule has 1 aliphatic rings. The summed E-state index contributed by atoms with van der Waals surface area (Å²) in [4.78, 5) is 6.70. The molecule has 0 bridgehead atoms. The molecule has 1 aromatic heterocycles. The first kappa shape index (κ1) is 15.5. The first-order valence-corrected chi connectivity index (χ1v) is 7.62. The number of oxazole rings is 1. The van der Waals surface area contributed by atoms with Crippen LogP contribution in [-0.2, 0) is 11.3 Å². The van der Waals surface area contributed by atoms with Gasteiger partial charge in [-0.25, -0.2) is 4.98 Å². The summed E-state index contributed by atoms with van der Waals surface area (Å²) in [5.41, 5.74) is 1.30. The number of halogens is 1. The summed E-state index contributed by atoms with van der Waals surface area (Å²) in [6, 6.07) is 7.42. The lowest BCUT2D eigenvalue weighted by atomic mass is 10.0. The molecule has 1 fully saturated rings. The van der Waals surface area contributed by atoms with Crippen LogP contribution < -0.4 is 0 Å². The average Bonchev–Trinajstić information content (AvgIpc) is 2.98. The Labute approximate surface area is 134 Å². The predicted octanol–water partition coefficient (Wildman–Crippen LogP) is 2.58. The third-order valence-corrected chi connectivity index (χ3v) is 4.23. The number of aromatic nitrogens is 1. The molecule has 1 N–H and O–H groups in total. The normalized spacial score (nSPS) is 22.9. The minimum atomic E-state index is -0.382. The molecule has 22 heavy (non-hydrogen) atoms. The van der Waals surface area contributed by atoms with Crippen molar-refractivity contribution in [2.24, 2.45) is 0 Å². The highest BCUT2D eigenvalue weighted by Gasteiger charge is 2.35. The zero-order valence-electron chi connectivity index (χ0n) is 12.5. The van der Waals surface area contributed by atoms with Gasteiger partial charge < -0.3 is 14.3 Å². The van der Waals surface area contributed by atoms with E-state index in [0.29, 0.717) is 30.7 Å². The van der Waals surface area contributed by atoms with Gasteiger partial charge in [0.2, 0.25) is 5.89 Å². The number of aliphatic hydroxyl groups excluding tert-OH is 1. The summed E-state index contributed by atoms with van der Waals surface area (Å²) in [6.07, 6.45) is 1.66. The van der Waals surface area contributed by atoms with E-state index in [1.54, 1.807) is 6.26 Å². The molecule has 1 aromatic carbocycles. The smallest absolute Gasteiger partial charge is 0.226 e. The second-order valence-corrected chi connectivity index (χ2v) is 6.22. The zero-order chi connectivity index (χ0) is 15.6. The lowest BCUT2D eigenvalue weighted by Gasteiger charge is -2.42. The molecular weight excluding hydrogens is 304 g/mol. The van der Waals surface area contributed by atoms with Crippen molar-refractivity contribution in [1.82, 2.24) is 9.88 Å². The molecule has 5 nitrogen and oxygen atoms in total. The molecule has 3 rings (SSSR count). The summed E-state index contributed by atoms with van der Waals surface area (Å²) in [6.45, 7) is 4.59. The maximum Gasteiger partial charge on any atom is 0.226 e. The SMILES string of the molecule is C[C@]1(CO)COCCN1Cc1coc(-c2cccc(Cl)c2)n1. The highest BCUT2D eigenvalue weighted by Crippen LogP contribution is 2.25. The van der Waals surface area contributed by atoms with Crippen molar-refractivity contribution in [2.45, 2.75) is 19.0 Å². The van der Waals surface area contributed by atoms with Crippen LogP contribution in [-0.4, -0.2) is 46.9 Å². The average molecular weight is 323 g/mol. The fraction of sp³-hybridized carbons (Fsp3) is 0.438. The second kappa shape index (κ2) is 6.38. The van der Waals surface area contributed by atoms with E-state index in [9.17, 15) is 5.11 Å². The van der Waals surface area contributed by atoms with Gasteiger partial charge in [-0.15, -0.1) is 0 Å². The van der Waals surface area contributed by atoms with Crippen molar-refractivity contribution in [3.63, 3.8) is 0 Å². The van der Waals surface area contributed by atoms with Crippen LogP contribution in [0.25, 0.3) is 11.5 Å². The van der Waals surface area contributed by atoms with Crippen molar-refractivity contribution in [1.29, 1.82) is 0 Å². The fourth-order valence-corrected chi connectivity index (χ4v) is 2.76. The predicted molar refractivity (Wildman–Crippen MR) is 83.7 cm³/mol. The van der Waals surface area contributed by atoms with Crippen LogP contribution in [0.15, 0.2) is 34.9 Å². The second-order valence-electron chi connectivity index (χ2n) is 5.78. The molecule has 2 aromatic rings. The van der Waals surface area contributed by atoms with Crippen LogP contribution in [0.3, 0.4) is 0 Å². The molecule has 0 saturated carbocycles. The third-order valence-electron chi connectivity index (χ3n) is 4.00. The van der Waals surface area contributed by atoms with Crippen molar-refractivity contribution < 1.29 is 14.3 Å². The number of ether oxygens (including phenoxy) is 1. The topological polar surface area (TPSA) is 58.7 Å². The van der Waals surface area contributed by atoms with Crippen molar-refractivity contribution >= 4 is 11.6 Å². The summed E-state index contributed by atoms with van der Waals surface area (Å²) in [5.74, 6) is 0.552. The van der Waals surface area contributed by atoms with Crippen molar-refractivity contribution in [2.75, 3.05) is 26.4 Å². The van der Waals surface area contributed by atoms with Crippen LogP contribution >= 0.6 is 11.6 Å². The van der Waals surface area contributed by atoms with Gasteiger partial charge in [0, 0.05) is 23.7 Å². The molecule has 1 saturated heterocycles. The molecule has 6 heteroatoms. The molecule has 118 valence electrons. The quantitative estimate of drug-likeness (QED) is 0.937. The van der Waals surface area contributed by atoms with E-state index < -0.39 is 0 Å². The zero-order valence-corrected chi connectivity index (χ0v) is 13.2. The Morgan fingerprint density at radius 1 is 1.45 bits per heavy atom. The lowest BCUT2D eigenvalue weighted by Crippen LogP contribution is -2.56. The largest absolute Gasteiger partial charge is 0.444 e. The van der Waals surface area contributed by atoms with Gasteiger partial charge >= 0.3 is 0 Å². The molecule has 0 unspecified atom stereocenters. The first-order valence-electron chi connectivity index (χ1n) is 7.25. The monoisotopic (exact) mass is 322 g/mol. The van der Waals surface area contributed by atoms with Gasteiger partial charge in [0.1, 0.15) is 6.26 Å². The highest BCUT2D eigenvalue weighted by molar-refractivity contribution is 6.30. The van der Waals surface area contributed by atoms with Crippen LogP contribution in [0.4, 0.5) is 0 Å². The minimum absolute atomic E-state index is 0.0476. The number of hydrogen-bond donors (Lipinski definition) is 1. The molecule has 0 amide bonds. The Balaban J connectivity index is 1.76. The van der Waals surface area contributed by atoms with Crippen molar-refractivity contribution in [3.05, 3.63) is 41.2 Å². The van der Waals surface area contributed by atoms with Crippen LogP contribution in [0.5, 0.6) is 0 Å². The Bertz CT molecular complexity index is 646. The Kier molecular flexibility index (Phi) is 4.49. The standard InChI is InChI=1S/C16H19ClN2O3/c1-16(10-20)11-21-6-5-19(16)8-14-9-22-15(18-14)12-3-2-4-13(17)7-12/h2-4,7,9,20H,5-6,8,10-11H2,1H3/t16-/m0/s1. The van der Waals surface area contributed by atoms with Gasteiger partial charge in [0.05, 0.1) is 31.1 Å². The van der Waals surface area contributed by atoms with E-state index >= 15 is 0 Å². The lowest BCUT2D eigenvalue weighted by molar-refractivity contribution is -0.0867. The molecule has 0 aliphatic carbocycles. The minimum Gasteiger partial charge on any atom is -0.444 e. The fourth-order valence-electron chi connectivity index (χ4n) is 2.57. The molecular formula is C16H19ClN2O3. The summed E-state index contributed by atoms with van der Waals surface area (Å²) in [5, 5.41) is 10.3. The van der Waals surface area contributed by atoms with Crippen LogP contribution in [0.2, 0.25) is 5.02 Å². The number of rotatable bonds is 4.